The number of fused-ring (bicyclic) bond motifs is 1. The van der Waals surface area contributed by atoms with Crippen LogP contribution in [0.25, 0.3) is 0 Å². The van der Waals surface area contributed by atoms with Gasteiger partial charge in [-0.3, -0.25) is 9.59 Å². The highest BCUT2D eigenvalue weighted by atomic mass is 16.2. The SMILES string of the molecule is CCCCCCc1ccc2c(c1)C(=O)N(c1ccccc1)C2=O. The fraction of sp³-hybridized carbons (Fsp3) is 0.300. The number of aryl methyl sites for hydroxylation is 1. The molecule has 0 atom stereocenters. The van der Waals surface area contributed by atoms with Crippen LogP contribution in [0.3, 0.4) is 0 Å². The molecule has 1 heterocycles. The fourth-order valence-corrected chi connectivity index (χ4v) is 3.01. The van der Waals surface area contributed by atoms with Crippen LogP contribution in [0.1, 0.15) is 58.9 Å². The second-order valence-corrected chi connectivity index (χ2v) is 5.97. The number of anilines is 1. The third kappa shape index (κ3) is 3.04. The van der Waals surface area contributed by atoms with Crippen molar-refractivity contribution in [1.82, 2.24) is 0 Å². The van der Waals surface area contributed by atoms with Crippen LogP contribution in [0.15, 0.2) is 48.5 Å². The van der Waals surface area contributed by atoms with E-state index < -0.39 is 0 Å². The van der Waals surface area contributed by atoms with Crippen LogP contribution in [0.2, 0.25) is 0 Å². The molecule has 0 bridgehead atoms. The van der Waals surface area contributed by atoms with Gasteiger partial charge in [-0.15, -0.1) is 0 Å². The van der Waals surface area contributed by atoms with E-state index in [1.54, 1.807) is 18.2 Å². The Bertz CT molecular complexity index is 722. The number of carbonyl (C=O) groups excluding carboxylic acids is 2. The molecule has 0 spiro atoms. The molecule has 3 heteroatoms. The van der Waals surface area contributed by atoms with E-state index in [1.807, 2.05) is 30.3 Å². The van der Waals surface area contributed by atoms with Crippen LogP contribution in [0, 0.1) is 0 Å². The van der Waals surface area contributed by atoms with Crippen molar-refractivity contribution >= 4 is 17.5 Å². The van der Waals surface area contributed by atoms with Gasteiger partial charge in [-0.1, -0.05) is 50.5 Å². The van der Waals surface area contributed by atoms with Crippen molar-refractivity contribution in [3.8, 4) is 0 Å². The molecule has 2 amide bonds. The molecule has 0 unspecified atom stereocenters. The first kappa shape index (κ1) is 15.5. The van der Waals surface area contributed by atoms with E-state index in [2.05, 4.69) is 6.92 Å². The molecule has 1 aliphatic heterocycles. The van der Waals surface area contributed by atoms with Crippen molar-refractivity contribution in [3.63, 3.8) is 0 Å². The Morgan fingerprint density at radius 2 is 1.57 bits per heavy atom. The monoisotopic (exact) mass is 307 g/mol. The minimum atomic E-state index is -0.228. The van der Waals surface area contributed by atoms with Crippen molar-refractivity contribution in [2.45, 2.75) is 39.0 Å². The molecule has 0 N–H and O–H groups in total. The standard InChI is InChI=1S/C20H21NO2/c1-2-3-4-6-9-15-12-13-17-18(14-15)20(23)21(19(17)22)16-10-7-5-8-11-16/h5,7-8,10-14H,2-4,6,9H2,1H3. The highest BCUT2D eigenvalue weighted by Crippen LogP contribution is 2.29. The van der Waals surface area contributed by atoms with Crippen LogP contribution in [0.5, 0.6) is 0 Å². The average molecular weight is 307 g/mol. The van der Waals surface area contributed by atoms with Gasteiger partial charge in [-0.25, -0.2) is 4.90 Å². The lowest BCUT2D eigenvalue weighted by atomic mass is 10.0. The number of rotatable bonds is 6. The Labute approximate surface area is 136 Å². The van der Waals surface area contributed by atoms with E-state index in [1.165, 1.54) is 24.2 Å². The minimum absolute atomic E-state index is 0.216. The number of hydrogen-bond donors (Lipinski definition) is 0. The highest BCUT2D eigenvalue weighted by Gasteiger charge is 2.36. The van der Waals surface area contributed by atoms with Gasteiger partial charge in [0.2, 0.25) is 0 Å². The van der Waals surface area contributed by atoms with Gasteiger partial charge in [0.15, 0.2) is 0 Å². The van der Waals surface area contributed by atoms with Gasteiger partial charge in [-0.05, 0) is 42.7 Å². The number of hydrogen-bond acceptors (Lipinski definition) is 2. The first-order chi connectivity index (χ1) is 11.2. The zero-order chi connectivity index (χ0) is 16.2. The molecule has 0 saturated heterocycles. The molecule has 3 rings (SSSR count). The van der Waals surface area contributed by atoms with Crippen molar-refractivity contribution < 1.29 is 9.59 Å². The van der Waals surface area contributed by atoms with Gasteiger partial charge in [-0.2, -0.15) is 0 Å². The molecule has 1 aliphatic rings. The van der Waals surface area contributed by atoms with Gasteiger partial charge in [0.25, 0.3) is 11.8 Å². The average Bonchev–Trinajstić information content (AvgIpc) is 2.83. The van der Waals surface area contributed by atoms with Gasteiger partial charge in [0.1, 0.15) is 0 Å². The fourth-order valence-electron chi connectivity index (χ4n) is 3.01. The normalized spacial score (nSPS) is 13.5. The lowest BCUT2D eigenvalue weighted by Gasteiger charge is -2.13. The van der Waals surface area contributed by atoms with E-state index in [9.17, 15) is 9.59 Å². The largest absolute Gasteiger partial charge is 0.268 e. The number of nitrogens with zero attached hydrogens (tertiary/aromatic N) is 1. The van der Waals surface area contributed by atoms with Crippen molar-refractivity contribution in [3.05, 3.63) is 65.2 Å². The van der Waals surface area contributed by atoms with Gasteiger partial charge in [0, 0.05) is 0 Å². The summed E-state index contributed by atoms with van der Waals surface area (Å²) in [5.74, 6) is -0.444. The third-order valence-corrected chi connectivity index (χ3v) is 4.28. The van der Waals surface area contributed by atoms with Crippen molar-refractivity contribution in [2.75, 3.05) is 4.90 Å². The Hall–Kier alpha value is -2.42. The predicted molar refractivity (Wildman–Crippen MR) is 91.9 cm³/mol. The summed E-state index contributed by atoms with van der Waals surface area (Å²) in [5, 5.41) is 0. The predicted octanol–water partition coefficient (Wildman–Crippen LogP) is 4.61. The zero-order valence-corrected chi connectivity index (χ0v) is 13.4. The first-order valence-corrected chi connectivity index (χ1v) is 8.29. The molecular formula is C20H21NO2. The van der Waals surface area contributed by atoms with Crippen LogP contribution >= 0.6 is 0 Å². The van der Waals surface area contributed by atoms with E-state index in [0.717, 1.165) is 18.4 Å². The Morgan fingerprint density at radius 3 is 2.30 bits per heavy atom. The summed E-state index contributed by atoms with van der Waals surface area (Å²) < 4.78 is 0. The molecule has 0 fully saturated rings. The number of benzene rings is 2. The number of amides is 2. The molecule has 23 heavy (non-hydrogen) atoms. The second-order valence-electron chi connectivity index (χ2n) is 5.97. The van der Waals surface area contributed by atoms with Gasteiger partial charge in [0.05, 0.1) is 16.8 Å². The highest BCUT2D eigenvalue weighted by molar-refractivity contribution is 6.34. The molecule has 2 aromatic carbocycles. The number of carbonyl (C=O) groups is 2. The summed E-state index contributed by atoms with van der Waals surface area (Å²) >= 11 is 0. The van der Waals surface area contributed by atoms with E-state index >= 15 is 0 Å². The number of imide groups is 1. The maximum atomic E-state index is 12.6. The van der Waals surface area contributed by atoms with Crippen molar-refractivity contribution in [2.24, 2.45) is 0 Å². The topological polar surface area (TPSA) is 37.4 Å². The van der Waals surface area contributed by atoms with Crippen LogP contribution in [0.4, 0.5) is 5.69 Å². The van der Waals surface area contributed by atoms with E-state index in [4.69, 9.17) is 0 Å². The van der Waals surface area contributed by atoms with E-state index in [-0.39, 0.29) is 11.8 Å². The summed E-state index contributed by atoms with van der Waals surface area (Å²) in [5.41, 5.74) is 2.81. The number of para-hydroxylation sites is 1. The lowest BCUT2D eigenvalue weighted by Crippen LogP contribution is -2.29. The summed E-state index contributed by atoms with van der Waals surface area (Å²) in [6, 6.07) is 14.8. The maximum Gasteiger partial charge on any atom is 0.266 e. The van der Waals surface area contributed by atoms with Crippen molar-refractivity contribution in [1.29, 1.82) is 0 Å². The molecule has 2 aromatic rings. The summed E-state index contributed by atoms with van der Waals surface area (Å²) in [6.45, 7) is 2.19. The van der Waals surface area contributed by atoms with Crippen LogP contribution in [-0.4, -0.2) is 11.8 Å². The van der Waals surface area contributed by atoms with Gasteiger partial charge >= 0.3 is 0 Å². The summed E-state index contributed by atoms with van der Waals surface area (Å²) in [7, 11) is 0. The molecule has 0 radical (unpaired) electrons. The maximum absolute atomic E-state index is 12.6. The van der Waals surface area contributed by atoms with Crippen LogP contribution in [-0.2, 0) is 6.42 Å². The molecule has 3 nitrogen and oxygen atoms in total. The molecule has 0 aliphatic carbocycles. The summed E-state index contributed by atoms with van der Waals surface area (Å²) in [4.78, 5) is 26.4. The third-order valence-electron chi connectivity index (χ3n) is 4.28. The molecular weight excluding hydrogens is 286 g/mol. The quantitative estimate of drug-likeness (QED) is 0.577. The molecule has 0 saturated carbocycles. The smallest absolute Gasteiger partial charge is 0.266 e. The molecule has 0 aromatic heterocycles. The Balaban J connectivity index is 1.82. The number of unbranched alkanes of at least 4 members (excludes halogenated alkanes) is 3. The first-order valence-electron chi connectivity index (χ1n) is 8.29. The van der Waals surface area contributed by atoms with Crippen LogP contribution < -0.4 is 4.90 Å². The Kier molecular flexibility index (Phi) is 4.56. The Morgan fingerprint density at radius 1 is 0.826 bits per heavy atom. The zero-order valence-electron chi connectivity index (χ0n) is 13.4. The van der Waals surface area contributed by atoms with E-state index in [0.29, 0.717) is 16.8 Å². The second kappa shape index (κ2) is 6.78. The lowest BCUT2D eigenvalue weighted by molar-refractivity contribution is 0.0926. The minimum Gasteiger partial charge on any atom is -0.268 e. The summed E-state index contributed by atoms with van der Waals surface area (Å²) in [6.07, 6.45) is 5.74. The molecule has 118 valence electrons. The van der Waals surface area contributed by atoms with Gasteiger partial charge < -0.3 is 0 Å².